The first-order valence-electron chi connectivity index (χ1n) is 4.18. The number of hydrogen-bond acceptors (Lipinski definition) is 3. The van der Waals surface area contributed by atoms with Crippen LogP contribution in [0.15, 0.2) is 5.38 Å². The minimum absolute atomic E-state index is 0.459. The summed E-state index contributed by atoms with van der Waals surface area (Å²) in [5, 5.41) is 11.6. The SMILES string of the molecule is N#CCc1csc(CC2CC2)n1. The van der Waals surface area contributed by atoms with Crippen LogP contribution in [-0.2, 0) is 12.8 Å². The molecule has 0 amide bonds. The summed E-state index contributed by atoms with van der Waals surface area (Å²) in [5.74, 6) is 0.895. The zero-order valence-corrected chi connectivity index (χ0v) is 7.60. The Morgan fingerprint density at radius 1 is 1.67 bits per heavy atom. The fourth-order valence-corrected chi connectivity index (χ4v) is 2.08. The predicted molar refractivity (Wildman–Crippen MR) is 47.9 cm³/mol. The Labute approximate surface area is 75.9 Å². The van der Waals surface area contributed by atoms with Crippen LogP contribution in [-0.4, -0.2) is 4.98 Å². The van der Waals surface area contributed by atoms with Gasteiger partial charge in [-0.2, -0.15) is 5.26 Å². The highest BCUT2D eigenvalue weighted by Gasteiger charge is 2.22. The van der Waals surface area contributed by atoms with E-state index in [2.05, 4.69) is 11.1 Å². The molecule has 0 spiro atoms. The van der Waals surface area contributed by atoms with Gasteiger partial charge in [-0.1, -0.05) is 0 Å². The van der Waals surface area contributed by atoms with Crippen molar-refractivity contribution in [2.75, 3.05) is 0 Å². The van der Waals surface area contributed by atoms with Crippen LogP contribution in [0, 0.1) is 17.2 Å². The highest BCUT2D eigenvalue weighted by Crippen LogP contribution is 2.33. The largest absolute Gasteiger partial charge is 0.245 e. The Morgan fingerprint density at radius 3 is 3.17 bits per heavy atom. The van der Waals surface area contributed by atoms with Gasteiger partial charge < -0.3 is 0 Å². The number of thiazole rings is 1. The van der Waals surface area contributed by atoms with Crippen molar-refractivity contribution in [3.8, 4) is 6.07 Å². The molecular weight excluding hydrogens is 168 g/mol. The summed E-state index contributed by atoms with van der Waals surface area (Å²) >= 11 is 1.70. The predicted octanol–water partition coefficient (Wildman–Crippen LogP) is 2.16. The number of aromatic nitrogens is 1. The van der Waals surface area contributed by atoms with Gasteiger partial charge in [0.15, 0.2) is 0 Å². The Kier molecular flexibility index (Phi) is 2.09. The van der Waals surface area contributed by atoms with E-state index in [-0.39, 0.29) is 0 Å². The smallest absolute Gasteiger partial charge is 0.0931 e. The summed E-state index contributed by atoms with van der Waals surface area (Å²) in [6.45, 7) is 0. The average Bonchev–Trinajstić information content (AvgIpc) is 2.74. The van der Waals surface area contributed by atoms with Crippen LogP contribution in [0.5, 0.6) is 0 Å². The minimum Gasteiger partial charge on any atom is -0.245 e. The van der Waals surface area contributed by atoms with Crippen molar-refractivity contribution in [2.24, 2.45) is 5.92 Å². The minimum atomic E-state index is 0.459. The molecule has 0 radical (unpaired) electrons. The normalized spacial score (nSPS) is 15.9. The van der Waals surface area contributed by atoms with Crippen molar-refractivity contribution < 1.29 is 0 Å². The van der Waals surface area contributed by atoms with Gasteiger partial charge in [-0.25, -0.2) is 4.98 Å². The van der Waals surface area contributed by atoms with E-state index in [4.69, 9.17) is 5.26 Å². The molecule has 1 saturated carbocycles. The maximum Gasteiger partial charge on any atom is 0.0931 e. The summed E-state index contributed by atoms with van der Waals surface area (Å²) in [6.07, 6.45) is 4.33. The van der Waals surface area contributed by atoms with Crippen LogP contribution in [0.2, 0.25) is 0 Å². The van der Waals surface area contributed by atoms with E-state index in [0.717, 1.165) is 18.0 Å². The van der Waals surface area contributed by atoms with Crippen LogP contribution in [0.1, 0.15) is 23.5 Å². The van der Waals surface area contributed by atoms with Crippen LogP contribution < -0.4 is 0 Å². The quantitative estimate of drug-likeness (QED) is 0.711. The van der Waals surface area contributed by atoms with Gasteiger partial charge in [0.05, 0.1) is 23.2 Å². The van der Waals surface area contributed by atoms with Crippen LogP contribution in [0.3, 0.4) is 0 Å². The maximum atomic E-state index is 8.44. The molecule has 12 heavy (non-hydrogen) atoms. The second-order valence-electron chi connectivity index (χ2n) is 3.21. The second-order valence-corrected chi connectivity index (χ2v) is 4.16. The van der Waals surface area contributed by atoms with Crippen molar-refractivity contribution >= 4 is 11.3 Å². The van der Waals surface area contributed by atoms with E-state index < -0.39 is 0 Å². The summed E-state index contributed by atoms with van der Waals surface area (Å²) in [5.41, 5.74) is 0.943. The Balaban J connectivity index is 1.98. The fourth-order valence-electron chi connectivity index (χ4n) is 1.17. The van der Waals surface area contributed by atoms with Crippen molar-refractivity contribution in [3.63, 3.8) is 0 Å². The molecular formula is C9H10N2S. The molecule has 1 aliphatic rings. The molecule has 0 saturated heterocycles. The van der Waals surface area contributed by atoms with Gasteiger partial charge in [-0.05, 0) is 18.8 Å². The molecule has 1 heterocycles. The van der Waals surface area contributed by atoms with Gasteiger partial charge in [0, 0.05) is 11.8 Å². The third-order valence-corrected chi connectivity index (χ3v) is 2.94. The number of nitriles is 1. The van der Waals surface area contributed by atoms with E-state index in [1.54, 1.807) is 11.3 Å². The molecule has 1 aromatic heterocycles. The Morgan fingerprint density at radius 2 is 2.50 bits per heavy atom. The van der Waals surface area contributed by atoms with E-state index in [9.17, 15) is 0 Å². The number of rotatable bonds is 3. The molecule has 0 aromatic carbocycles. The summed E-state index contributed by atoms with van der Waals surface area (Å²) < 4.78 is 0. The molecule has 62 valence electrons. The van der Waals surface area contributed by atoms with Gasteiger partial charge in [0.2, 0.25) is 0 Å². The van der Waals surface area contributed by atoms with Crippen LogP contribution in [0.4, 0.5) is 0 Å². The average molecular weight is 178 g/mol. The molecule has 3 heteroatoms. The zero-order valence-electron chi connectivity index (χ0n) is 6.79. The van der Waals surface area contributed by atoms with Crippen molar-refractivity contribution in [2.45, 2.75) is 25.7 Å². The highest BCUT2D eigenvalue weighted by molar-refractivity contribution is 7.09. The molecule has 0 N–H and O–H groups in total. The third kappa shape index (κ3) is 1.83. The lowest BCUT2D eigenvalue weighted by molar-refractivity contribution is 0.819. The first kappa shape index (κ1) is 7.75. The monoisotopic (exact) mass is 178 g/mol. The van der Waals surface area contributed by atoms with Crippen molar-refractivity contribution in [1.29, 1.82) is 5.26 Å². The van der Waals surface area contributed by atoms with Gasteiger partial charge >= 0.3 is 0 Å². The van der Waals surface area contributed by atoms with E-state index in [0.29, 0.717) is 6.42 Å². The lowest BCUT2D eigenvalue weighted by Crippen LogP contribution is -1.87. The molecule has 1 aromatic rings. The maximum absolute atomic E-state index is 8.44. The molecule has 0 atom stereocenters. The Hall–Kier alpha value is -0.880. The summed E-state index contributed by atoms with van der Waals surface area (Å²) in [7, 11) is 0. The van der Waals surface area contributed by atoms with Gasteiger partial charge in [-0.3, -0.25) is 0 Å². The van der Waals surface area contributed by atoms with E-state index in [1.165, 1.54) is 17.8 Å². The first-order valence-corrected chi connectivity index (χ1v) is 5.06. The van der Waals surface area contributed by atoms with E-state index in [1.807, 2.05) is 5.38 Å². The molecule has 0 aliphatic heterocycles. The van der Waals surface area contributed by atoms with Crippen LogP contribution >= 0.6 is 11.3 Å². The van der Waals surface area contributed by atoms with Crippen molar-refractivity contribution in [1.82, 2.24) is 4.98 Å². The lowest BCUT2D eigenvalue weighted by Gasteiger charge is -1.88. The fraction of sp³-hybridized carbons (Fsp3) is 0.556. The summed E-state index contributed by atoms with van der Waals surface area (Å²) in [6, 6.07) is 2.11. The second kappa shape index (κ2) is 3.24. The Bertz CT molecular complexity index is 307. The lowest BCUT2D eigenvalue weighted by atomic mass is 10.3. The molecule has 2 nitrogen and oxygen atoms in total. The van der Waals surface area contributed by atoms with Gasteiger partial charge in [0.25, 0.3) is 0 Å². The molecule has 1 aliphatic carbocycles. The zero-order chi connectivity index (χ0) is 8.39. The highest BCUT2D eigenvalue weighted by atomic mass is 32.1. The third-order valence-electron chi connectivity index (χ3n) is 2.02. The van der Waals surface area contributed by atoms with E-state index >= 15 is 0 Å². The first-order chi connectivity index (χ1) is 5.88. The topological polar surface area (TPSA) is 36.7 Å². The number of hydrogen-bond donors (Lipinski definition) is 0. The molecule has 0 bridgehead atoms. The standard InChI is InChI=1S/C9H10N2S/c10-4-3-8-6-12-9(11-8)5-7-1-2-7/h6-7H,1-3,5H2. The van der Waals surface area contributed by atoms with Gasteiger partial charge in [0.1, 0.15) is 0 Å². The summed E-state index contributed by atoms with van der Waals surface area (Å²) in [4.78, 5) is 4.38. The molecule has 2 rings (SSSR count). The van der Waals surface area contributed by atoms with Crippen molar-refractivity contribution in [3.05, 3.63) is 16.1 Å². The van der Waals surface area contributed by atoms with Crippen LogP contribution in [0.25, 0.3) is 0 Å². The number of nitrogens with zero attached hydrogens (tertiary/aromatic N) is 2. The molecule has 1 fully saturated rings. The van der Waals surface area contributed by atoms with Gasteiger partial charge in [-0.15, -0.1) is 11.3 Å². The molecule has 0 unspecified atom stereocenters.